The number of ether oxygens (including phenoxy) is 1. The molecule has 0 saturated heterocycles. The maximum Gasteiger partial charge on any atom is 0.573 e. The number of halogens is 7. The van der Waals surface area contributed by atoms with Crippen molar-refractivity contribution < 1.29 is 35.9 Å². The fraction of sp³-hybridized carbons (Fsp3) is 0.167. The van der Waals surface area contributed by atoms with Crippen molar-refractivity contribution in [1.29, 1.82) is 0 Å². The summed E-state index contributed by atoms with van der Waals surface area (Å²) < 4.78 is 81.9. The summed E-state index contributed by atoms with van der Waals surface area (Å²) in [7, 11) is 0. The number of alkyl halides is 6. The summed E-state index contributed by atoms with van der Waals surface area (Å²) in [5, 5.41) is 2.54. The summed E-state index contributed by atoms with van der Waals surface area (Å²) in [4.78, 5) is 19.4. The predicted octanol–water partition coefficient (Wildman–Crippen LogP) is 5.01. The number of amides is 1. The molecule has 3 N–H and O–H groups in total. The van der Waals surface area contributed by atoms with E-state index in [4.69, 9.17) is 5.73 Å². The molecular weight excluding hydrogens is 512 g/mol. The van der Waals surface area contributed by atoms with Crippen LogP contribution in [0.15, 0.2) is 47.2 Å². The molecule has 170 valence electrons. The minimum Gasteiger partial charge on any atom is -0.404 e. The average Bonchev–Trinajstić information content (AvgIpc) is 3.05. The second kappa shape index (κ2) is 8.68. The van der Waals surface area contributed by atoms with Gasteiger partial charge < -0.3 is 20.4 Å². The van der Waals surface area contributed by atoms with Gasteiger partial charge in [-0.05, 0) is 30.3 Å². The molecule has 0 unspecified atom stereocenters. The molecular formula is C18H12BrF6N5O2. The van der Waals surface area contributed by atoms with E-state index in [1.165, 1.54) is 24.4 Å². The van der Waals surface area contributed by atoms with Crippen molar-refractivity contribution in [2.24, 2.45) is 5.73 Å². The molecule has 3 aromatic rings. The van der Waals surface area contributed by atoms with E-state index in [0.717, 1.165) is 22.9 Å². The number of carbonyl (C=O) groups is 1. The average molecular weight is 524 g/mol. The van der Waals surface area contributed by atoms with Crippen molar-refractivity contribution in [2.75, 3.05) is 5.32 Å². The van der Waals surface area contributed by atoms with Crippen LogP contribution in [0.4, 0.5) is 38.0 Å². The van der Waals surface area contributed by atoms with Crippen molar-refractivity contribution in [3.05, 3.63) is 52.8 Å². The molecule has 0 aliphatic carbocycles. The van der Waals surface area contributed by atoms with Crippen LogP contribution in [0.3, 0.4) is 0 Å². The molecule has 0 aliphatic heterocycles. The van der Waals surface area contributed by atoms with E-state index in [0.29, 0.717) is 4.47 Å². The Morgan fingerprint density at radius 2 is 1.88 bits per heavy atom. The number of nitrogens with one attached hydrogen (secondary N) is 1. The zero-order chi connectivity index (χ0) is 23.7. The minimum absolute atomic E-state index is 0.0347. The van der Waals surface area contributed by atoms with Crippen molar-refractivity contribution in [3.63, 3.8) is 0 Å². The van der Waals surface area contributed by atoms with Gasteiger partial charge in [-0.3, -0.25) is 4.79 Å². The van der Waals surface area contributed by atoms with Crippen LogP contribution >= 0.6 is 15.9 Å². The lowest BCUT2D eigenvalue weighted by Crippen LogP contribution is -2.18. The maximum absolute atomic E-state index is 12.9. The fourth-order valence-electron chi connectivity index (χ4n) is 2.68. The summed E-state index contributed by atoms with van der Waals surface area (Å²) in [5.41, 5.74) is 4.70. The van der Waals surface area contributed by atoms with Gasteiger partial charge >= 0.3 is 12.5 Å². The second-order valence-electron chi connectivity index (χ2n) is 6.30. The number of aromatic nitrogens is 3. The highest BCUT2D eigenvalue weighted by Gasteiger charge is 2.32. The standard InChI is InChI=1S/C18H12BrF6N5O2/c19-10-1-2-14(32-18(23,24)25)12(6-10)29-16-27-4-3-11(28-16)13-5-9(15(26)31)7-30(13)8-17(20,21)22/h1-7H,8H2,(H2,26,31)(H,27,28,29). The molecule has 7 nitrogen and oxygen atoms in total. The summed E-state index contributed by atoms with van der Waals surface area (Å²) >= 11 is 3.12. The Hall–Kier alpha value is -3.29. The van der Waals surface area contributed by atoms with Gasteiger partial charge in [0.1, 0.15) is 6.54 Å². The smallest absolute Gasteiger partial charge is 0.404 e. The molecule has 0 atom stereocenters. The van der Waals surface area contributed by atoms with Crippen LogP contribution in [0.25, 0.3) is 11.4 Å². The number of nitrogens with zero attached hydrogens (tertiary/aromatic N) is 3. The highest BCUT2D eigenvalue weighted by Crippen LogP contribution is 2.34. The van der Waals surface area contributed by atoms with Gasteiger partial charge in [-0.2, -0.15) is 13.2 Å². The number of benzene rings is 1. The third-order valence-corrected chi connectivity index (χ3v) is 4.36. The number of primary amides is 1. The van der Waals surface area contributed by atoms with Crippen molar-refractivity contribution in [2.45, 2.75) is 19.1 Å². The molecule has 0 saturated carbocycles. The van der Waals surface area contributed by atoms with Gasteiger partial charge in [-0.1, -0.05) is 15.9 Å². The summed E-state index contributed by atoms with van der Waals surface area (Å²) in [6.45, 7) is -1.42. The molecule has 1 amide bonds. The quantitative estimate of drug-likeness (QED) is 0.443. The third kappa shape index (κ3) is 6.12. The van der Waals surface area contributed by atoms with E-state index in [-0.39, 0.29) is 28.6 Å². The fourth-order valence-corrected chi connectivity index (χ4v) is 3.04. The summed E-state index contributed by atoms with van der Waals surface area (Å²) in [6.07, 6.45) is -7.45. The van der Waals surface area contributed by atoms with Crippen LogP contribution in [-0.4, -0.2) is 33.0 Å². The molecule has 0 aliphatic rings. The lowest BCUT2D eigenvalue weighted by atomic mass is 10.2. The van der Waals surface area contributed by atoms with E-state index < -0.39 is 30.7 Å². The SMILES string of the molecule is NC(=O)c1cc(-c2ccnc(Nc3cc(Br)ccc3OC(F)(F)F)n2)n(CC(F)(F)F)c1. The Morgan fingerprint density at radius 1 is 1.16 bits per heavy atom. The van der Waals surface area contributed by atoms with E-state index in [1.807, 2.05) is 0 Å². The second-order valence-corrected chi connectivity index (χ2v) is 7.22. The van der Waals surface area contributed by atoms with E-state index in [2.05, 4.69) is 36.0 Å². The van der Waals surface area contributed by atoms with Gasteiger partial charge in [0.05, 0.1) is 22.6 Å². The Kier molecular flexibility index (Phi) is 6.34. The number of nitrogens with two attached hydrogens (primary N) is 1. The first-order chi connectivity index (χ1) is 14.8. The van der Waals surface area contributed by atoms with Crippen molar-refractivity contribution in [3.8, 4) is 17.1 Å². The Labute approximate surface area is 184 Å². The normalized spacial score (nSPS) is 12.0. The topological polar surface area (TPSA) is 95.1 Å². The zero-order valence-corrected chi connectivity index (χ0v) is 17.2. The Morgan fingerprint density at radius 3 is 2.50 bits per heavy atom. The molecule has 0 bridgehead atoms. The van der Waals surface area contributed by atoms with E-state index >= 15 is 0 Å². The van der Waals surface area contributed by atoms with Gasteiger partial charge in [-0.25, -0.2) is 9.97 Å². The molecule has 0 radical (unpaired) electrons. The van der Waals surface area contributed by atoms with Crippen LogP contribution in [0, 0.1) is 0 Å². The largest absolute Gasteiger partial charge is 0.573 e. The van der Waals surface area contributed by atoms with Crippen LogP contribution in [-0.2, 0) is 6.54 Å². The number of rotatable bonds is 6. The van der Waals surface area contributed by atoms with E-state index in [1.54, 1.807) is 0 Å². The van der Waals surface area contributed by atoms with Crippen LogP contribution in [0.1, 0.15) is 10.4 Å². The van der Waals surface area contributed by atoms with Crippen molar-refractivity contribution in [1.82, 2.24) is 14.5 Å². The monoisotopic (exact) mass is 523 g/mol. The molecule has 2 heterocycles. The number of carbonyl (C=O) groups excluding carboxylic acids is 1. The molecule has 2 aromatic heterocycles. The maximum atomic E-state index is 12.9. The third-order valence-electron chi connectivity index (χ3n) is 3.86. The van der Waals surface area contributed by atoms with Crippen LogP contribution in [0.5, 0.6) is 5.75 Å². The van der Waals surface area contributed by atoms with E-state index in [9.17, 15) is 31.1 Å². The Bertz CT molecular complexity index is 1150. The molecule has 3 rings (SSSR count). The first-order valence-electron chi connectivity index (χ1n) is 8.53. The highest BCUT2D eigenvalue weighted by atomic mass is 79.9. The lowest BCUT2D eigenvalue weighted by Gasteiger charge is -2.15. The molecule has 1 aromatic carbocycles. The molecule has 32 heavy (non-hydrogen) atoms. The number of hydrogen-bond acceptors (Lipinski definition) is 5. The first kappa shape index (κ1) is 23.4. The van der Waals surface area contributed by atoms with Gasteiger partial charge in [-0.15, -0.1) is 13.2 Å². The van der Waals surface area contributed by atoms with Crippen LogP contribution in [0.2, 0.25) is 0 Å². The Balaban J connectivity index is 1.99. The molecule has 14 heteroatoms. The minimum atomic E-state index is -4.96. The van der Waals surface area contributed by atoms with Gasteiger partial charge in [0, 0.05) is 16.9 Å². The molecule has 0 fully saturated rings. The zero-order valence-electron chi connectivity index (χ0n) is 15.6. The molecule has 0 spiro atoms. The van der Waals surface area contributed by atoms with Crippen molar-refractivity contribution >= 4 is 33.5 Å². The highest BCUT2D eigenvalue weighted by molar-refractivity contribution is 9.10. The predicted molar refractivity (Wildman–Crippen MR) is 104 cm³/mol. The summed E-state index contributed by atoms with van der Waals surface area (Å²) in [6, 6.07) is 6.04. The van der Waals surface area contributed by atoms with Crippen LogP contribution < -0.4 is 15.8 Å². The van der Waals surface area contributed by atoms with Gasteiger partial charge in [0.2, 0.25) is 11.9 Å². The van der Waals surface area contributed by atoms with Gasteiger partial charge in [0.15, 0.2) is 5.75 Å². The number of anilines is 2. The number of hydrogen-bond donors (Lipinski definition) is 2. The lowest BCUT2D eigenvalue weighted by molar-refractivity contribution is -0.274. The first-order valence-corrected chi connectivity index (χ1v) is 9.32. The summed E-state index contributed by atoms with van der Waals surface area (Å²) in [5.74, 6) is -1.75. The van der Waals surface area contributed by atoms with Gasteiger partial charge in [0.25, 0.3) is 0 Å².